The first-order chi connectivity index (χ1) is 11.0. The van der Waals surface area contributed by atoms with E-state index in [9.17, 15) is 4.79 Å². The van der Waals surface area contributed by atoms with Gasteiger partial charge in [0, 0.05) is 17.0 Å². The van der Waals surface area contributed by atoms with Gasteiger partial charge in [-0.1, -0.05) is 35.9 Å². The Bertz CT molecular complexity index is 696. The van der Waals surface area contributed by atoms with Crippen LogP contribution in [-0.4, -0.2) is 11.3 Å². The molecule has 0 bridgehead atoms. The van der Waals surface area contributed by atoms with Crippen molar-refractivity contribution in [3.63, 3.8) is 0 Å². The zero-order valence-corrected chi connectivity index (χ0v) is 14.3. The summed E-state index contributed by atoms with van der Waals surface area (Å²) in [6.45, 7) is 0. The number of hydrogen-bond donors (Lipinski definition) is 2. The lowest BCUT2D eigenvalue weighted by atomic mass is 9.75. The zero-order chi connectivity index (χ0) is 16.6. The van der Waals surface area contributed by atoms with Crippen molar-refractivity contribution in [3.05, 3.63) is 57.6 Å². The standard InChI is InChI=1S/C18H20Cl2N2O/c19-15-5-2-11(9-16(15)20)12-4-6-17(21)14-7-10(8-18(22)23)1-3-13(12)14/h1-3,7,9,12,15,17H,4-6,8,21H2,(H2,22,23). The van der Waals surface area contributed by atoms with E-state index in [4.69, 9.17) is 34.7 Å². The van der Waals surface area contributed by atoms with E-state index >= 15 is 0 Å². The highest BCUT2D eigenvalue weighted by Crippen LogP contribution is 2.43. The monoisotopic (exact) mass is 350 g/mol. The molecular formula is C18H20Cl2N2O. The molecule has 1 amide bonds. The molecule has 5 heteroatoms. The number of nitrogens with two attached hydrogens (primary N) is 2. The van der Waals surface area contributed by atoms with Gasteiger partial charge in [0.25, 0.3) is 0 Å². The second-order valence-electron chi connectivity index (χ2n) is 6.28. The minimum atomic E-state index is -0.330. The molecule has 0 saturated heterocycles. The van der Waals surface area contributed by atoms with E-state index in [0.717, 1.165) is 30.4 Å². The third-order valence-electron chi connectivity index (χ3n) is 4.64. The van der Waals surface area contributed by atoms with E-state index in [1.165, 1.54) is 11.1 Å². The lowest BCUT2D eigenvalue weighted by molar-refractivity contribution is -0.117. The normalized spacial score (nSPS) is 27.0. The van der Waals surface area contributed by atoms with Crippen molar-refractivity contribution < 1.29 is 4.79 Å². The molecule has 1 aromatic carbocycles. The van der Waals surface area contributed by atoms with Gasteiger partial charge in [-0.25, -0.2) is 0 Å². The van der Waals surface area contributed by atoms with Gasteiger partial charge in [0.2, 0.25) is 5.91 Å². The molecule has 0 aromatic heterocycles. The molecule has 4 N–H and O–H groups in total. The summed E-state index contributed by atoms with van der Waals surface area (Å²) in [4.78, 5) is 11.1. The molecule has 3 atom stereocenters. The third-order valence-corrected chi connectivity index (χ3v) is 5.53. The van der Waals surface area contributed by atoms with Gasteiger partial charge in [-0.05, 0) is 47.6 Å². The van der Waals surface area contributed by atoms with E-state index < -0.39 is 0 Å². The minimum absolute atomic E-state index is 0.00139. The molecule has 2 aliphatic carbocycles. The molecule has 0 spiro atoms. The van der Waals surface area contributed by atoms with Crippen LogP contribution in [0.5, 0.6) is 0 Å². The lowest BCUT2D eigenvalue weighted by Gasteiger charge is -2.32. The van der Waals surface area contributed by atoms with Crippen molar-refractivity contribution in [1.82, 2.24) is 0 Å². The van der Waals surface area contributed by atoms with Crippen molar-refractivity contribution in [2.45, 2.75) is 43.0 Å². The summed E-state index contributed by atoms with van der Waals surface area (Å²) in [5.41, 5.74) is 16.0. The second kappa shape index (κ2) is 6.68. The van der Waals surface area contributed by atoms with Crippen molar-refractivity contribution in [3.8, 4) is 0 Å². The number of carbonyl (C=O) groups is 1. The molecule has 0 heterocycles. The first-order valence-electron chi connectivity index (χ1n) is 7.83. The number of rotatable bonds is 3. The van der Waals surface area contributed by atoms with Gasteiger partial charge in [0.05, 0.1) is 11.8 Å². The maximum Gasteiger partial charge on any atom is 0.221 e. The Kier molecular flexibility index (Phi) is 4.81. The SMILES string of the molecule is NC(=O)Cc1ccc2c(c1)C(N)CCC2C1=CCC(Cl)C(Cl)=C1. The van der Waals surface area contributed by atoms with Gasteiger partial charge in [-0.2, -0.15) is 0 Å². The summed E-state index contributed by atoms with van der Waals surface area (Å²) in [6, 6.07) is 6.06. The molecule has 0 fully saturated rings. The number of amides is 1. The molecule has 3 nitrogen and oxygen atoms in total. The van der Waals surface area contributed by atoms with Crippen LogP contribution in [0.4, 0.5) is 0 Å². The fraction of sp³-hybridized carbons (Fsp3) is 0.389. The Morgan fingerprint density at radius 2 is 2.04 bits per heavy atom. The molecule has 1 aromatic rings. The van der Waals surface area contributed by atoms with Crippen molar-refractivity contribution in [2.24, 2.45) is 11.5 Å². The Hall–Kier alpha value is -1.29. The second-order valence-corrected chi connectivity index (χ2v) is 7.24. The van der Waals surface area contributed by atoms with Crippen molar-refractivity contribution in [1.29, 1.82) is 0 Å². The van der Waals surface area contributed by atoms with Crippen LogP contribution in [0.25, 0.3) is 0 Å². The maximum absolute atomic E-state index is 11.1. The van der Waals surface area contributed by atoms with Gasteiger partial charge in [0.1, 0.15) is 0 Å². The fourth-order valence-corrected chi connectivity index (χ4v) is 3.85. The summed E-state index contributed by atoms with van der Waals surface area (Å²) < 4.78 is 0. The summed E-state index contributed by atoms with van der Waals surface area (Å²) in [5.74, 6) is -0.0471. The number of allylic oxidation sites excluding steroid dienone is 4. The number of carbonyl (C=O) groups excluding carboxylic acids is 1. The maximum atomic E-state index is 11.1. The molecule has 122 valence electrons. The van der Waals surface area contributed by atoms with Gasteiger partial charge < -0.3 is 11.5 Å². The summed E-state index contributed by atoms with van der Waals surface area (Å²) in [5, 5.41) is 0.578. The highest BCUT2D eigenvalue weighted by atomic mass is 35.5. The Morgan fingerprint density at radius 1 is 1.26 bits per heavy atom. The highest BCUT2D eigenvalue weighted by molar-refractivity contribution is 6.37. The van der Waals surface area contributed by atoms with E-state index in [1.807, 2.05) is 18.2 Å². The van der Waals surface area contributed by atoms with Crippen LogP contribution in [0.15, 0.2) is 41.0 Å². The van der Waals surface area contributed by atoms with Crippen LogP contribution in [0.2, 0.25) is 0 Å². The molecule has 23 heavy (non-hydrogen) atoms. The summed E-state index contributed by atoms with van der Waals surface area (Å²) in [6.07, 6.45) is 7.06. The smallest absolute Gasteiger partial charge is 0.221 e. The fourth-order valence-electron chi connectivity index (χ4n) is 3.48. The number of benzene rings is 1. The third kappa shape index (κ3) is 3.47. The molecule has 2 aliphatic rings. The Morgan fingerprint density at radius 3 is 2.74 bits per heavy atom. The van der Waals surface area contributed by atoms with Gasteiger partial charge in [-0.3, -0.25) is 4.79 Å². The molecule has 0 aliphatic heterocycles. The van der Waals surface area contributed by atoms with E-state index in [2.05, 4.69) is 12.1 Å². The average Bonchev–Trinajstić information content (AvgIpc) is 2.50. The zero-order valence-electron chi connectivity index (χ0n) is 12.8. The minimum Gasteiger partial charge on any atom is -0.369 e. The van der Waals surface area contributed by atoms with Crippen LogP contribution in [0, 0.1) is 0 Å². The molecule has 3 unspecified atom stereocenters. The first kappa shape index (κ1) is 16.6. The van der Waals surface area contributed by atoms with E-state index in [0.29, 0.717) is 5.03 Å². The first-order valence-corrected chi connectivity index (χ1v) is 8.65. The van der Waals surface area contributed by atoms with Crippen molar-refractivity contribution in [2.75, 3.05) is 0 Å². The van der Waals surface area contributed by atoms with Crippen molar-refractivity contribution >= 4 is 29.1 Å². The van der Waals surface area contributed by atoms with Crippen LogP contribution < -0.4 is 11.5 Å². The number of primary amides is 1. The predicted molar refractivity (Wildman–Crippen MR) is 94.5 cm³/mol. The van der Waals surface area contributed by atoms with Gasteiger partial charge in [0.15, 0.2) is 0 Å². The molecular weight excluding hydrogens is 331 g/mol. The quantitative estimate of drug-likeness (QED) is 0.816. The van der Waals surface area contributed by atoms with E-state index in [1.54, 1.807) is 0 Å². The Balaban J connectivity index is 1.95. The van der Waals surface area contributed by atoms with E-state index in [-0.39, 0.29) is 29.7 Å². The van der Waals surface area contributed by atoms with Gasteiger partial charge >= 0.3 is 0 Å². The number of fused-ring (bicyclic) bond motifs is 1. The summed E-state index contributed by atoms with van der Waals surface area (Å²) in [7, 11) is 0. The topological polar surface area (TPSA) is 69.1 Å². The van der Waals surface area contributed by atoms with Crippen LogP contribution >= 0.6 is 23.2 Å². The largest absolute Gasteiger partial charge is 0.369 e. The lowest BCUT2D eigenvalue weighted by Crippen LogP contribution is -2.23. The highest BCUT2D eigenvalue weighted by Gasteiger charge is 2.29. The molecule has 0 radical (unpaired) electrons. The Labute approximate surface area is 146 Å². The molecule has 3 rings (SSSR count). The van der Waals surface area contributed by atoms with Crippen LogP contribution in [0.1, 0.15) is 47.9 Å². The van der Waals surface area contributed by atoms with Gasteiger partial charge in [-0.15, -0.1) is 11.6 Å². The van der Waals surface area contributed by atoms with Crippen LogP contribution in [-0.2, 0) is 11.2 Å². The number of hydrogen-bond acceptors (Lipinski definition) is 2. The van der Waals surface area contributed by atoms with Crippen LogP contribution in [0.3, 0.4) is 0 Å². The molecule has 0 saturated carbocycles. The number of halogens is 2. The summed E-state index contributed by atoms with van der Waals surface area (Å²) >= 11 is 12.4. The number of alkyl halides is 1. The average molecular weight is 351 g/mol. The predicted octanol–water partition coefficient (Wildman–Crippen LogP) is 3.65.